The summed E-state index contributed by atoms with van der Waals surface area (Å²) in [6.45, 7) is 3.43. The summed E-state index contributed by atoms with van der Waals surface area (Å²) < 4.78 is 11.4. The predicted molar refractivity (Wildman–Crippen MR) is 127 cm³/mol. The van der Waals surface area contributed by atoms with E-state index in [1.165, 1.54) is 22.0 Å². The van der Waals surface area contributed by atoms with Gasteiger partial charge in [0, 0.05) is 30.2 Å². The molecular formula is C27H30N2O2. The minimum absolute atomic E-state index is 0.625. The van der Waals surface area contributed by atoms with Crippen LogP contribution in [0.3, 0.4) is 0 Å². The summed E-state index contributed by atoms with van der Waals surface area (Å²) in [4.78, 5) is 5.86. The summed E-state index contributed by atoms with van der Waals surface area (Å²) in [5, 5.41) is 1.33. The van der Waals surface area contributed by atoms with Crippen LogP contribution in [0.5, 0.6) is 11.5 Å². The van der Waals surface area contributed by atoms with Crippen LogP contribution < -0.4 is 9.47 Å². The predicted octanol–water partition coefficient (Wildman–Crippen LogP) is 5.69. The lowest BCUT2D eigenvalue weighted by atomic mass is 10.1. The van der Waals surface area contributed by atoms with Crippen LogP contribution in [0.15, 0.2) is 85.1 Å². The van der Waals surface area contributed by atoms with E-state index in [1.54, 1.807) is 7.11 Å². The number of aryl methyl sites for hydroxylation is 1. The minimum Gasteiger partial charge on any atom is -0.493 e. The molecule has 4 rings (SSSR count). The molecule has 160 valence electrons. The van der Waals surface area contributed by atoms with Crippen molar-refractivity contribution in [1.82, 2.24) is 9.88 Å². The largest absolute Gasteiger partial charge is 0.493 e. The van der Waals surface area contributed by atoms with Crippen LogP contribution >= 0.6 is 0 Å². The molecule has 0 amide bonds. The lowest BCUT2D eigenvalue weighted by Crippen LogP contribution is -2.29. The highest BCUT2D eigenvalue weighted by atomic mass is 16.5. The van der Waals surface area contributed by atoms with E-state index in [2.05, 4.69) is 70.7 Å². The van der Waals surface area contributed by atoms with E-state index < -0.39 is 0 Å². The van der Waals surface area contributed by atoms with Crippen molar-refractivity contribution in [3.63, 3.8) is 0 Å². The molecule has 0 saturated carbocycles. The van der Waals surface area contributed by atoms with E-state index in [9.17, 15) is 0 Å². The zero-order chi connectivity index (χ0) is 21.3. The van der Waals surface area contributed by atoms with Crippen LogP contribution in [0.25, 0.3) is 10.9 Å². The first kappa shape index (κ1) is 21.0. The van der Waals surface area contributed by atoms with Crippen molar-refractivity contribution >= 4 is 10.9 Å². The van der Waals surface area contributed by atoms with E-state index in [1.807, 2.05) is 24.3 Å². The normalized spacial score (nSPS) is 11.2. The molecule has 0 radical (unpaired) electrons. The van der Waals surface area contributed by atoms with Gasteiger partial charge in [-0.25, -0.2) is 0 Å². The molecule has 0 bridgehead atoms. The zero-order valence-electron chi connectivity index (χ0n) is 18.1. The number of H-pyrrole nitrogens is 1. The number of benzene rings is 3. The van der Waals surface area contributed by atoms with Crippen LogP contribution in [0.2, 0.25) is 0 Å². The van der Waals surface area contributed by atoms with Crippen molar-refractivity contribution < 1.29 is 9.47 Å². The average Bonchev–Trinajstić information content (AvgIpc) is 3.23. The highest BCUT2D eigenvalue weighted by molar-refractivity contribution is 5.82. The molecule has 1 aromatic heterocycles. The quantitative estimate of drug-likeness (QED) is 0.343. The van der Waals surface area contributed by atoms with Crippen LogP contribution in [0, 0.1) is 0 Å². The van der Waals surface area contributed by atoms with Crippen LogP contribution in [0.4, 0.5) is 0 Å². The van der Waals surface area contributed by atoms with Gasteiger partial charge in [-0.1, -0.05) is 60.7 Å². The number of fused-ring (bicyclic) bond motifs is 1. The van der Waals surface area contributed by atoms with Crippen molar-refractivity contribution in [3.8, 4) is 11.5 Å². The number of aromatic amines is 1. The van der Waals surface area contributed by atoms with Gasteiger partial charge in [-0.2, -0.15) is 0 Å². The highest BCUT2D eigenvalue weighted by Gasteiger charge is 2.10. The second-order valence-corrected chi connectivity index (χ2v) is 7.72. The Morgan fingerprint density at radius 3 is 2.39 bits per heavy atom. The Bertz CT molecular complexity index is 1070. The zero-order valence-corrected chi connectivity index (χ0v) is 18.1. The Hall–Kier alpha value is -3.24. The Morgan fingerprint density at radius 1 is 0.806 bits per heavy atom. The third-order valence-electron chi connectivity index (χ3n) is 5.58. The van der Waals surface area contributed by atoms with Gasteiger partial charge in [-0.05, 0) is 48.7 Å². The summed E-state index contributed by atoms with van der Waals surface area (Å²) in [5.41, 5.74) is 3.93. The van der Waals surface area contributed by atoms with E-state index in [-0.39, 0.29) is 0 Å². The lowest BCUT2D eigenvalue weighted by molar-refractivity contribution is 0.197. The van der Waals surface area contributed by atoms with Crippen LogP contribution in [-0.2, 0) is 13.0 Å². The standard InChI is InChI=1S/C27H30N2O2/c1-30-26-15-7-8-16-27(26)31-19-18-29(21-22-10-3-2-4-11-22)17-9-12-23-20-28-25-14-6-5-13-24(23)25/h2-8,10-11,13-16,20,28H,9,12,17-19,21H2,1H3. The Morgan fingerprint density at radius 2 is 1.55 bits per heavy atom. The molecule has 0 aliphatic carbocycles. The van der Waals surface area contributed by atoms with Gasteiger partial charge < -0.3 is 14.5 Å². The number of rotatable bonds is 11. The smallest absolute Gasteiger partial charge is 0.161 e. The molecule has 1 heterocycles. The topological polar surface area (TPSA) is 37.5 Å². The SMILES string of the molecule is COc1ccccc1OCCN(CCCc1c[nH]c2ccccc12)Cc1ccccc1. The van der Waals surface area contributed by atoms with Crippen LogP contribution in [0.1, 0.15) is 17.5 Å². The van der Waals surface area contributed by atoms with Crippen molar-refractivity contribution in [2.45, 2.75) is 19.4 Å². The number of nitrogens with one attached hydrogen (secondary N) is 1. The van der Waals surface area contributed by atoms with Crippen LogP contribution in [-0.4, -0.2) is 36.7 Å². The third-order valence-corrected chi connectivity index (χ3v) is 5.58. The number of methoxy groups -OCH3 is 1. The van der Waals surface area contributed by atoms with Gasteiger partial charge in [-0.3, -0.25) is 4.90 Å². The lowest BCUT2D eigenvalue weighted by Gasteiger charge is -2.23. The maximum Gasteiger partial charge on any atom is 0.161 e. The van der Waals surface area contributed by atoms with Gasteiger partial charge in [0.25, 0.3) is 0 Å². The summed E-state index contributed by atoms with van der Waals surface area (Å²) in [6.07, 6.45) is 4.31. The number of nitrogens with zero attached hydrogens (tertiary/aromatic N) is 1. The minimum atomic E-state index is 0.625. The average molecular weight is 415 g/mol. The first-order chi connectivity index (χ1) is 15.3. The molecule has 31 heavy (non-hydrogen) atoms. The fourth-order valence-corrected chi connectivity index (χ4v) is 3.97. The molecule has 4 aromatic rings. The molecule has 4 nitrogen and oxygen atoms in total. The molecule has 0 unspecified atom stereocenters. The number of aromatic nitrogens is 1. The van der Waals surface area contributed by atoms with Gasteiger partial charge in [-0.15, -0.1) is 0 Å². The van der Waals surface area contributed by atoms with E-state index >= 15 is 0 Å². The second-order valence-electron chi connectivity index (χ2n) is 7.72. The number of para-hydroxylation sites is 3. The maximum atomic E-state index is 6.03. The summed E-state index contributed by atoms with van der Waals surface area (Å²) >= 11 is 0. The number of ether oxygens (including phenoxy) is 2. The molecule has 4 heteroatoms. The highest BCUT2D eigenvalue weighted by Crippen LogP contribution is 2.25. The Kier molecular flexibility index (Phi) is 7.24. The van der Waals surface area contributed by atoms with Gasteiger partial charge in [0.2, 0.25) is 0 Å². The van der Waals surface area contributed by atoms with Gasteiger partial charge in [0.1, 0.15) is 6.61 Å². The number of hydrogen-bond acceptors (Lipinski definition) is 3. The van der Waals surface area contributed by atoms with E-state index in [0.717, 1.165) is 44.0 Å². The van der Waals surface area contributed by atoms with E-state index in [4.69, 9.17) is 9.47 Å². The van der Waals surface area contributed by atoms with Crippen molar-refractivity contribution in [3.05, 3.63) is 96.2 Å². The monoisotopic (exact) mass is 414 g/mol. The van der Waals surface area contributed by atoms with Gasteiger partial charge >= 0.3 is 0 Å². The maximum absolute atomic E-state index is 6.03. The fourth-order valence-electron chi connectivity index (χ4n) is 3.97. The third kappa shape index (κ3) is 5.68. The molecule has 0 aliphatic heterocycles. The van der Waals surface area contributed by atoms with Gasteiger partial charge in [0.15, 0.2) is 11.5 Å². The first-order valence-corrected chi connectivity index (χ1v) is 10.9. The Balaban J connectivity index is 1.35. The summed E-state index contributed by atoms with van der Waals surface area (Å²) in [7, 11) is 1.68. The van der Waals surface area contributed by atoms with Crippen molar-refractivity contribution in [2.75, 3.05) is 26.8 Å². The summed E-state index contributed by atoms with van der Waals surface area (Å²) in [6, 6.07) is 27.0. The Labute approximate surface area is 184 Å². The molecule has 3 aromatic carbocycles. The summed E-state index contributed by atoms with van der Waals surface area (Å²) in [5.74, 6) is 1.57. The molecule has 1 N–H and O–H groups in total. The molecule has 0 atom stereocenters. The first-order valence-electron chi connectivity index (χ1n) is 10.9. The van der Waals surface area contributed by atoms with E-state index in [0.29, 0.717) is 6.61 Å². The molecule has 0 spiro atoms. The molecule has 0 fully saturated rings. The van der Waals surface area contributed by atoms with Crippen molar-refractivity contribution in [2.24, 2.45) is 0 Å². The molecular weight excluding hydrogens is 384 g/mol. The van der Waals surface area contributed by atoms with Gasteiger partial charge in [0.05, 0.1) is 7.11 Å². The number of hydrogen-bond donors (Lipinski definition) is 1. The van der Waals surface area contributed by atoms with Crippen molar-refractivity contribution in [1.29, 1.82) is 0 Å². The fraction of sp³-hybridized carbons (Fsp3) is 0.259. The molecule has 0 saturated heterocycles. The molecule has 0 aliphatic rings. The second kappa shape index (κ2) is 10.7.